The Kier molecular flexibility index (Phi) is 6.27. The third-order valence-electron chi connectivity index (χ3n) is 6.50. The van der Waals surface area contributed by atoms with Crippen molar-refractivity contribution >= 4 is 49.6 Å². The monoisotopic (exact) mass is 476 g/mol. The molecular weight excluding hydrogens is 448 g/mol. The van der Waals surface area contributed by atoms with Crippen LogP contribution in [-0.4, -0.2) is 33.9 Å². The Morgan fingerprint density at radius 2 is 1.88 bits per heavy atom. The largest absolute Gasteiger partial charge is 0.297 e. The summed E-state index contributed by atoms with van der Waals surface area (Å²) >= 11 is 3.38. The molecule has 0 radical (unpaired) electrons. The van der Waals surface area contributed by atoms with E-state index in [1.807, 2.05) is 23.5 Å². The zero-order valence-corrected chi connectivity index (χ0v) is 20.9. The van der Waals surface area contributed by atoms with E-state index in [0.717, 1.165) is 60.1 Å². The lowest BCUT2D eigenvalue weighted by atomic mass is 9.97. The second-order valence-electron chi connectivity index (χ2n) is 8.77. The standard InChI is InChI=1S/C26H28N4OS2/c1-17-7-6-9-23(18(17)2)30(19(3)31)26-27-21(16-32-26)15-29-13-11-20(12-14-29)25-28-22-8-4-5-10-24(22)33-25/h4-10,16,20H,11-15H2,1-3H3. The number of carbonyl (C=O) groups is 1. The zero-order valence-electron chi connectivity index (χ0n) is 19.2. The van der Waals surface area contributed by atoms with Crippen molar-refractivity contribution in [3.05, 3.63) is 69.7 Å². The van der Waals surface area contributed by atoms with E-state index in [0.29, 0.717) is 5.92 Å². The Bertz CT molecular complexity index is 1250. The van der Waals surface area contributed by atoms with E-state index in [-0.39, 0.29) is 5.91 Å². The van der Waals surface area contributed by atoms with Crippen LogP contribution in [-0.2, 0) is 11.3 Å². The molecule has 1 aliphatic heterocycles. The summed E-state index contributed by atoms with van der Waals surface area (Å²) in [6.07, 6.45) is 2.25. The van der Waals surface area contributed by atoms with Gasteiger partial charge in [-0.3, -0.25) is 14.6 Å². The normalized spacial score (nSPS) is 15.2. The van der Waals surface area contributed by atoms with Gasteiger partial charge in [0.25, 0.3) is 0 Å². The Morgan fingerprint density at radius 1 is 1.09 bits per heavy atom. The molecule has 5 nitrogen and oxygen atoms in total. The number of nitrogens with zero attached hydrogens (tertiary/aromatic N) is 4. The summed E-state index contributed by atoms with van der Waals surface area (Å²) in [7, 11) is 0. The highest BCUT2D eigenvalue weighted by molar-refractivity contribution is 7.18. The van der Waals surface area contributed by atoms with Gasteiger partial charge in [0.15, 0.2) is 5.13 Å². The van der Waals surface area contributed by atoms with Crippen molar-refractivity contribution in [2.75, 3.05) is 18.0 Å². The summed E-state index contributed by atoms with van der Waals surface area (Å²) in [6, 6.07) is 14.5. The minimum atomic E-state index is -0.0127. The highest BCUT2D eigenvalue weighted by Crippen LogP contribution is 2.35. The first-order valence-electron chi connectivity index (χ1n) is 11.4. The van der Waals surface area contributed by atoms with E-state index < -0.39 is 0 Å². The molecule has 0 spiro atoms. The van der Waals surface area contributed by atoms with Crippen LogP contribution in [0.3, 0.4) is 0 Å². The van der Waals surface area contributed by atoms with Gasteiger partial charge in [-0.1, -0.05) is 24.3 Å². The topological polar surface area (TPSA) is 49.3 Å². The number of para-hydroxylation sites is 1. The first-order valence-corrected chi connectivity index (χ1v) is 13.1. The summed E-state index contributed by atoms with van der Waals surface area (Å²) in [5, 5.41) is 4.11. The minimum Gasteiger partial charge on any atom is -0.297 e. The van der Waals surface area contributed by atoms with Gasteiger partial charge in [-0.25, -0.2) is 9.97 Å². The molecule has 0 atom stereocenters. The molecule has 3 heterocycles. The molecule has 170 valence electrons. The molecule has 7 heteroatoms. The summed E-state index contributed by atoms with van der Waals surface area (Å²) in [5.74, 6) is 0.531. The zero-order chi connectivity index (χ0) is 22.9. The van der Waals surface area contributed by atoms with Crippen LogP contribution in [0.5, 0.6) is 0 Å². The van der Waals surface area contributed by atoms with Crippen LogP contribution in [0.1, 0.15) is 47.5 Å². The van der Waals surface area contributed by atoms with E-state index >= 15 is 0 Å². The number of rotatable bonds is 5. The molecule has 0 aliphatic carbocycles. The highest BCUT2D eigenvalue weighted by Gasteiger charge is 2.25. The van der Waals surface area contributed by atoms with E-state index in [1.165, 1.54) is 15.3 Å². The lowest BCUT2D eigenvalue weighted by Crippen LogP contribution is -2.32. The number of amides is 1. The predicted molar refractivity (Wildman–Crippen MR) is 138 cm³/mol. The second kappa shape index (κ2) is 9.33. The number of anilines is 2. The molecule has 1 fully saturated rings. The number of likely N-dealkylation sites (tertiary alicyclic amines) is 1. The van der Waals surface area contributed by atoms with Crippen LogP contribution in [0.2, 0.25) is 0 Å². The Balaban J connectivity index is 1.25. The van der Waals surface area contributed by atoms with Crippen molar-refractivity contribution in [3.63, 3.8) is 0 Å². The van der Waals surface area contributed by atoms with Crippen molar-refractivity contribution in [2.24, 2.45) is 0 Å². The lowest BCUT2D eigenvalue weighted by molar-refractivity contribution is -0.115. The van der Waals surface area contributed by atoms with E-state index in [9.17, 15) is 4.79 Å². The predicted octanol–water partition coefficient (Wildman–Crippen LogP) is 6.43. The lowest BCUT2D eigenvalue weighted by Gasteiger charge is -2.30. The molecule has 1 saturated heterocycles. The van der Waals surface area contributed by atoms with Crippen LogP contribution in [0.4, 0.5) is 10.8 Å². The maximum Gasteiger partial charge on any atom is 0.230 e. The number of benzene rings is 2. The van der Waals surface area contributed by atoms with Crippen molar-refractivity contribution in [3.8, 4) is 0 Å². The first-order chi connectivity index (χ1) is 16.0. The van der Waals surface area contributed by atoms with Gasteiger partial charge in [-0.15, -0.1) is 22.7 Å². The number of carbonyl (C=O) groups excluding carboxylic acids is 1. The van der Waals surface area contributed by atoms with Gasteiger partial charge >= 0.3 is 0 Å². The maximum atomic E-state index is 12.5. The fourth-order valence-electron chi connectivity index (χ4n) is 4.49. The number of piperidine rings is 1. The van der Waals surface area contributed by atoms with Crippen LogP contribution >= 0.6 is 22.7 Å². The molecular formula is C26H28N4OS2. The molecule has 0 saturated carbocycles. The molecule has 5 rings (SSSR count). The van der Waals surface area contributed by atoms with E-state index in [4.69, 9.17) is 9.97 Å². The fraction of sp³-hybridized carbons (Fsp3) is 0.346. The molecule has 33 heavy (non-hydrogen) atoms. The van der Waals surface area contributed by atoms with Gasteiger partial charge in [0.05, 0.1) is 26.6 Å². The minimum absolute atomic E-state index is 0.0127. The van der Waals surface area contributed by atoms with Gasteiger partial charge < -0.3 is 0 Å². The van der Waals surface area contributed by atoms with Gasteiger partial charge in [0.1, 0.15) is 0 Å². The van der Waals surface area contributed by atoms with Crippen LogP contribution < -0.4 is 4.90 Å². The highest BCUT2D eigenvalue weighted by atomic mass is 32.1. The number of aromatic nitrogens is 2. The molecule has 4 aromatic rings. The molecule has 2 aromatic heterocycles. The van der Waals surface area contributed by atoms with Gasteiger partial charge in [0.2, 0.25) is 5.91 Å². The van der Waals surface area contributed by atoms with Crippen LogP contribution in [0.25, 0.3) is 10.2 Å². The molecule has 0 N–H and O–H groups in total. The van der Waals surface area contributed by atoms with Gasteiger partial charge in [-0.2, -0.15) is 0 Å². The number of aryl methyl sites for hydroxylation is 1. The number of fused-ring (bicyclic) bond motifs is 1. The first kappa shape index (κ1) is 22.2. The Morgan fingerprint density at radius 3 is 2.64 bits per heavy atom. The Hall–Kier alpha value is -2.61. The van der Waals surface area contributed by atoms with Crippen LogP contribution in [0, 0.1) is 13.8 Å². The number of thiazole rings is 2. The van der Waals surface area contributed by atoms with Crippen LogP contribution in [0.15, 0.2) is 47.8 Å². The average Bonchev–Trinajstić information content (AvgIpc) is 3.44. The maximum absolute atomic E-state index is 12.5. The third kappa shape index (κ3) is 4.58. The molecule has 0 bridgehead atoms. The summed E-state index contributed by atoms with van der Waals surface area (Å²) < 4.78 is 1.28. The SMILES string of the molecule is CC(=O)N(c1nc(CN2CCC(c3nc4ccccc4s3)CC2)cs1)c1cccc(C)c1C. The van der Waals surface area contributed by atoms with E-state index in [2.05, 4.69) is 54.5 Å². The smallest absolute Gasteiger partial charge is 0.230 e. The second-order valence-corrected chi connectivity index (χ2v) is 10.7. The molecule has 1 amide bonds. The molecule has 2 aromatic carbocycles. The quantitative estimate of drug-likeness (QED) is 0.333. The molecule has 1 aliphatic rings. The van der Waals surface area contributed by atoms with Crippen molar-refractivity contribution in [2.45, 2.75) is 46.1 Å². The third-order valence-corrected chi connectivity index (χ3v) is 8.57. The fourth-order valence-corrected chi connectivity index (χ4v) is 6.50. The van der Waals surface area contributed by atoms with Gasteiger partial charge in [0, 0.05) is 24.8 Å². The summed E-state index contributed by atoms with van der Waals surface area (Å²) in [6.45, 7) is 8.64. The number of hydrogen-bond acceptors (Lipinski definition) is 6. The summed E-state index contributed by atoms with van der Waals surface area (Å²) in [5.41, 5.74) is 5.35. The molecule has 0 unspecified atom stereocenters. The Labute approximate surface area is 202 Å². The van der Waals surface area contributed by atoms with E-state index in [1.54, 1.807) is 23.2 Å². The summed E-state index contributed by atoms with van der Waals surface area (Å²) in [4.78, 5) is 26.5. The van der Waals surface area contributed by atoms with Gasteiger partial charge in [-0.05, 0) is 69.1 Å². The van der Waals surface area contributed by atoms with Crippen molar-refractivity contribution < 1.29 is 4.79 Å². The van der Waals surface area contributed by atoms with Crippen molar-refractivity contribution in [1.29, 1.82) is 0 Å². The number of hydrogen-bond donors (Lipinski definition) is 0. The average molecular weight is 477 g/mol. The van der Waals surface area contributed by atoms with Crippen molar-refractivity contribution in [1.82, 2.24) is 14.9 Å².